The Balaban J connectivity index is 1.55. The van der Waals surface area contributed by atoms with Crippen LogP contribution < -0.4 is 5.32 Å². The summed E-state index contributed by atoms with van der Waals surface area (Å²) in [6, 6.07) is 27.4. The van der Waals surface area contributed by atoms with E-state index in [9.17, 15) is 18.0 Å². The lowest BCUT2D eigenvalue weighted by molar-refractivity contribution is -0.137. The molecule has 0 saturated heterocycles. The van der Waals surface area contributed by atoms with Gasteiger partial charge in [-0.15, -0.1) is 0 Å². The molecule has 3 nitrogen and oxygen atoms in total. The molecular formula is C27H17F3N2OS. The summed E-state index contributed by atoms with van der Waals surface area (Å²) >= 11 is 1.22. The SMILES string of the molecule is O=C(Nc1sc(-c2ccc(C(F)(F)F)cc2)nc1-c1ccccc1)c1cccc2ccccc12. The largest absolute Gasteiger partial charge is 0.416 e. The molecule has 1 amide bonds. The molecule has 0 spiro atoms. The van der Waals surface area contributed by atoms with Gasteiger partial charge in [0.2, 0.25) is 0 Å². The van der Waals surface area contributed by atoms with E-state index in [1.54, 1.807) is 6.07 Å². The molecule has 4 aromatic carbocycles. The second kappa shape index (κ2) is 8.76. The van der Waals surface area contributed by atoms with Gasteiger partial charge < -0.3 is 5.32 Å². The first-order valence-electron chi connectivity index (χ1n) is 10.4. The molecule has 1 N–H and O–H groups in total. The van der Waals surface area contributed by atoms with E-state index in [0.717, 1.165) is 28.5 Å². The Morgan fingerprint density at radius 2 is 1.44 bits per heavy atom. The Hall–Kier alpha value is -3.97. The molecule has 0 aliphatic rings. The highest BCUT2D eigenvalue weighted by molar-refractivity contribution is 7.19. The van der Waals surface area contributed by atoms with Crippen LogP contribution in [-0.2, 0) is 6.18 Å². The van der Waals surface area contributed by atoms with Crippen molar-refractivity contribution in [2.45, 2.75) is 6.18 Å². The van der Waals surface area contributed by atoms with Crippen molar-refractivity contribution in [3.63, 3.8) is 0 Å². The van der Waals surface area contributed by atoms with Gasteiger partial charge in [0.1, 0.15) is 15.7 Å². The molecule has 5 rings (SSSR count). The molecular weight excluding hydrogens is 457 g/mol. The summed E-state index contributed by atoms with van der Waals surface area (Å²) in [5.41, 5.74) is 1.71. The van der Waals surface area contributed by atoms with E-state index in [1.165, 1.54) is 23.5 Å². The second-order valence-corrected chi connectivity index (χ2v) is 8.62. The minimum atomic E-state index is -4.41. The number of nitrogens with one attached hydrogen (secondary N) is 1. The van der Waals surface area contributed by atoms with Crippen LogP contribution in [0.4, 0.5) is 18.2 Å². The summed E-state index contributed by atoms with van der Waals surface area (Å²) in [6.45, 7) is 0. The number of hydrogen-bond donors (Lipinski definition) is 1. The molecule has 0 unspecified atom stereocenters. The summed E-state index contributed by atoms with van der Waals surface area (Å²) in [4.78, 5) is 17.9. The van der Waals surface area contributed by atoms with Gasteiger partial charge in [-0.25, -0.2) is 4.98 Å². The first-order valence-corrected chi connectivity index (χ1v) is 11.2. The van der Waals surface area contributed by atoms with Gasteiger partial charge in [0, 0.05) is 16.7 Å². The van der Waals surface area contributed by atoms with Crippen molar-refractivity contribution < 1.29 is 18.0 Å². The minimum absolute atomic E-state index is 0.281. The third-order valence-electron chi connectivity index (χ3n) is 5.39. The number of fused-ring (bicyclic) bond motifs is 1. The van der Waals surface area contributed by atoms with E-state index in [1.807, 2.05) is 66.7 Å². The van der Waals surface area contributed by atoms with Crippen LogP contribution in [0.5, 0.6) is 0 Å². The summed E-state index contributed by atoms with van der Waals surface area (Å²) in [7, 11) is 0. The quantitative estimate of drug-likeness (QED) is 0.288. The molecule has 168 valence electrons. The van der Waals surface area contributed by atoms with Crippen LogP contribution in [0.3, 0.4) is 0 Å². The fourth-order valence-corrected chi connectivity index (χ4v) is 4.70. The molecule has 0 bridgehead atoms. The average Bonchev–Trinajstić information content (AvgIpc) is 3.27. The zero-order chi connectivity index (χ0) is 23.7. The summed E-state index contributed by atoms with van der Waals surface area (Å²) in [5.74, 6) is -0.281. The van der Waals surface area contributed by atoms with E-state index < -0.39 is 11.7 Å². The first-order chi connectivity index (χ1) is 16.4. The number of carbonyl (C=O) groups is 1. The van der Waals surface area contributed by atoms with Crippen molar-refractivity contribution in [1.29, 1.82) is 0 Å². The van der Waals surface area contributed by atoms with Gasteiger partial charge in [-0.2, -0.15) is 13.2 Å². The van der Waals surface area contributed by atoms with Gasteiger partial charge in [0.15, 0.2) is 0 Å². The zero-order valence-corrected chi connectivity index (χ0v) is 18.5. The first kappa shape index (κ1) is 21.9. The number of carbonyl (C=O) groups excluding carboxylic acids is 1. The smallest absolute Gasteiger partial charge is 0.312 e. The van der Waals surface area contributed by atoms with Crippen LogP contribution >= 0.6 is 11.3 Å². The third kappa shape index (κ3) is 4.30. The van der Waals surface area contributed by atoms with E-state index in [4.69, 9.17) is 0 Å². The predicted octanol–water partition coefficient (Wildman–Crippen LogP) is 7.90. The number of aromatic nitrogens is 1. The fraction of sp³-hybridized carbons (Fsp3) is 0.0370. The van der Waals surface area contributed by atoms with E-state index in [0.29, 0.717) is 26.8 Å². The van der Waals surface area contributed by atoms with Crippen LogP contribution in [-0.4, -0.2) is 10.9 Å². The highest BCUT2D eigenvalue weighted by atomic mass is 32.1. The van der Waals surface area contributed by atoms with Crippen LogP contribution in [0.2, 0.25) is 0 Å². The minimum Gasteiger partial charge on any atom is -0.312 e. The van der Waals surface area contributed by atoms with Crippen LogP contribution in [0.25, 0.3) is 32.6 Å². The monoisotopic (exact) mass is 474 g/mol. The van der Waals surface area contributed by atoms with Crippen molar-refractivity contribution in [3.8, 4) is 21.8 Å². The standard InChI is InChI=1S/C27H17F3N2OS/c28-27(29,30)20-15-13-19(14-16-20)25-31-23(18-8-2-1-3-9-18)26(34-25)32-24(33)22-12-6-10-17-7-4-5-11-21(17)22/h1-16H,(H,32,33). The fourth-order valence-electron chi connectivity index (χ4n) is 3.72. The van der Waals surface area contributed by atoms with Crippen LogP contribution in [0.1, 0.15) is 15.9 Å². The lowest BCUT2D eigenvalue weighted by atomic mass is 10.0. The number of alkyl halides is 3. The van der Waals surface area contributed by atoms with Crippen LogP contribution in [0, 0.1) is 0 Å². The molecule has 0 saturated carbocycles. The van der Waals surface area contributed by atoms with Crippen LogP contribution in [0.15, 0.2) is 97.1 Å². The third-order valence-corrected chi connectivity index (χ3v) is 6.41. The summed E-state index contributed by atoms with van der Waals surface area (Å²) in [6.07, 6.45) is -4.41. The van der Waals surface area contributed by atoms with Crippen molar-refractivity contribution in [2.75, 3.05) is 5.32 Å². The molecule has 1 heterocycles. The lowest BCUT2D eigenvalue weighted by Crippen LogP contribution is -2.12. The maximum Gasteiger partial charge on any atom is 0.416 e. The maximum atomic E-state index is 13.3. The van der Waals surface area contributed by atoms with Crippen molar-refractivity contribution >= 4 is 33.0 Å². The Morgan fingerprint density at radius 1 is 0.765 bits per heavy atom. The lowest BCUT2D eigenvalue weighted by Gasteiger charge is -2.08. The topological polar surface area (TPSA) is 42.0 Å². The van der Waals surface area contributed by atoms with E-state index in [-0.39, 0.29) is 5.91 Å². The Kier molecular flexibility index (Phi) is 5.63. The zero-order valence-electron chi connectivity index (χ0n) is 17.6. The average molecular weight is 475 g/mol. The molecule has 5 aromatic rings. The van der Waals surface area contributed by atoms with Crippen molar-refractivity contribution in [3.05, 3.63) is 108 Å². The van der Waals surface area contributed by atoms with E-state index in [2.05, 4.69) is 10.3 Å². The molecule has 34 heavy (non-hydrogen) atoms. The molecule has 0 atom stereocenters. The number of anilines is 1. The molecule has 1 aromatic heterocycles. The van der Waals surface area contributed by atoms with E-state index >= 15 is 0 Å². The van der Waals surface area contributed by atoms with Gasteiger partial charge in [0.05, 0.1) is 5.56 Å². The molecule has 0 aliphatic carbocycles. The highest BCUT2D eigenvalue weighted by Crippen LogP contribution is 2.39. The number of hydrogen-bond acceptors (Lipinski definition) is 3. The number of benzene rings is 4. The summed E-state index contributed by atoms with van der Waals surface area (Å²) < 4.78 is 38.9. The number of amides is 1. The van der Waals surface area contributed by atoms with Crippen molar-refractivity contribution in [1.82, 2.24) is 4.98 Å². The van der Waals surface area contributed by atoms with Gasteiger partial charge in [-0.3, -0.25) is 4.79 Å². The molecule has 0 aliphatic heterocycles. The van der Waals surface area contributed by atoms with Crippen molar-refractivity contribution in [2.24, 2.45) is 0 Å². The number of nitrogens with zero attached hydrogens (tertiary/aromatic N) is 1. The summed E-state index contributed by atoms with van der Waals surface area (Å²) in [5, 5.41) is 5.80. The normalized spacial score (nSPS) is 11.5. The van der Waals surface area contributed by atoms with Gasteiger partial charge >= 0.3 is 6.18 Å². The molecule has 0 radical (unpaired) electrons. The van der Waals surface area contributed by atoms with Gasteiger partial charge in [-0.1, -0.05) is 90.2 Å². The Labute approximate surface area is 197 Å². The number of halogens is 3. The van der Waals surface area contributed by atoms with Gasteiger partial charge in [-0.05, 0) is 29.0 Å². The molecule has 7 heteroatoms. The number of rotatable bonds is 4. The number of thiazole rings is 1. The predicted molar refractivity (Wildman–Crippen MR) is 130 cm³/mol. The second-order valence-electron chi connectivity index (χ2n) is 7.62. The Morgan fingerprint density at radius 3 is 2.18 bits per heavy atom. The Bertz CT molecular complexity index is 1470. The van der Waals surface area contributed by atoms with Gasteiger partial charge in [0.25, 0.3) is 5.91 Å². The molecule has 0 fully saturated rings. The maximum absolute atomic E-state index is 13.3. The highest BCUT2D eigenvalue weighted by Gasteiger charge is 2.30.